The number of nitrogens with zero attached hydrogens (tertiary/aromatic N) is 3. The summed E-state index contributed by atoms with van der Waals surface area (Å²) in [5.41, 5.74) is 5.13. The van der Waals surface area contributed by atoms with E-state index in [1.807, 2.05) is 19.1 Å². The molecule has 1 atom stereocenters. The predicted octanol–water partition coefficient (Wildman–Crippen LogP) is 8.56. The van der Waals surface area contributed by atoms with Crippen LogP contribution in [0.15, 0.2) is 60.8 Å². The van der Waals surface area contributed by atoms with Gasteiger partial charge in [-0.25, -0.2) is 4.79 Å². The fourth-order valence-corrected chi connectivity index (χ4v) is 7.22. The Hall–Kier alpha value is -3.80. The minimum absolute atomic E-state index is 0.349. The number of rotatable bonds is 12. The van der Waals surface area contributed by atoms with Crippen LogP contribution in [0.3, 0.4) is 0 Å². The monoisotopic (exact) mass is 579 g/mol. The van der Waals surface area contributed by atoms with Crippen LogP contribution in [0, 0.1) is 6.92 Å². The summed E-state index contributed by atoms with van der Waals surface area (Å²) in [5, 5.41) is 1.08. The Morgan fingerprint density at radius 3 is 2.53 bits per heavy atom. The standard InChI is InChI=1S/C37H45N3O3/c1-4-6-7-8-9-15-25-40-27(3)34(29-17-11-12-19-32(29)40)37(35-30(36(41)43-37)18-16-22-38-35)31-21-20-28(26-33(31)42-5-2)39-23-13-10-14-24-39/h11-12,16-22,26H,4-10,13-15,23-25H2,1-3H3. The Kier molecular flexibility index (Phi) is 8.73. The van der Waals surface area contributed by atoms with Crippen molar-refractivity contribution >= 4 is 22.6 Å². The second-order valence-corrected chi connectivity index (χ2v) is 12.0. The van der Waals surface area contributed by atoms with Crippen molar-refractivity contribution in [2.45, 2.75) is 90.7 Å². The van der Waals surface area contributed by atoms with Crippen molar-refractivity contribution in [2.24, 2.45) is 0 Å². The summed E-state index contributed by atoms with van der Waals surface area (Å²) in [5.74, 6) is 0.391. The van der Waals surface area contributed by atoms with Crippen LogP contribution in [0.2, 0.25) is 0 Å². The Morgan fingerprint density at radius 2 is 1.72 bits per heavy atom. The average molecular weight is 580 g/mol. The maximum atomic E-state index is 13.6. The quantitative estimate of drug-likeness (QED) is 0.124. The van der Waals surface area contributed by atoms with Gasteiger partial charge < -0.3 is 18.9 Å². The molecule has 4 heterocycles. The van der Waals surface area contributed by atoms with Crippen LogP contribution < -0.4 is 9.64 Å². The molecule has 6 heteroatoms. The van der Waals surface area contributed by atoms with Crippen molar-refractivity contribution in [3.05, 3.63) is 88.9 Å². The molecule has 6 nitrogen and oxygen atoms in total. The normalized spacial score (nSPS) is 18.2. The molecule has 0 saturated carbocycles. The number of para-hydroxylation sites is 1. The van der Waals surface area contributed by atoms with E-state index < -0.39 is 5.60 Å². The molecule has 0 spiro atoms. The lowest BCUT2D eigenvalue weighted by molar-refractivity contribution is 0.0238. The highest BCUT2D eigenvalue weighted by Gasteiger charge is 2.54. The minimum atomic E-state index is -1.23. The summed E-state index contributed by atoms with van der Waals surface area (Å²) in [7, 11) is 0. The number of aryl methyl sites for hydroxylation is 1. The molecule has 0 bridgehead atoms. The van der Waals surface area contributed by atoms with E-state index in [0.29, 0.717) is 17.9 Å². The van der Waals surface area contributed by atoms with Gasteiger partial charge in [0.1, 0.15) is 11.4 Å². The number of ether oxygens (including phenoxy) is 2. The molecule has 2 aliphatic heterocycles. The summed E-state index contributed by atoms with van der Waals surface area (Å²) in [6.45, 7) is 9.95. The van der Waals surface area contributed by atoms with Gasteiger partial charge in [-0.15, -0.1) is 0 Å². The third kappa shape index (κ3) is 5.30. The first-order chi connectivity index (χ1) is 21.1. The van der Waals surface area contributed by atoms with Crippen molar-refractivity contribution in [2.75, 3.05) is 24.6 Å². The lowest BCUT2D eigenvalue weighted by Crippen LogP contribution is -2.33. The highest BCUT2D eigenvalue weighted by molar-refractivity contribution is 5.98. The van der Waals surface area contributed by atoms with Crippen LogP contribution in [0.25, 0.3) is 10.9 Å². The first-order valence-electron chi connectivity index (χ1n) is 16.4. The first-order valence-corrected chi connectivity index (χ1v) is 16.4. The molecule has 226 valence electrons. The van der Waals surface area contributed by atoms with Gasteiger partial charge in [0.25, 0.3) is 0 Å². The van der Waals surface area contributed by atoms with Crippen LogP contribution in [0.1, 0.15) is 105 Å². The van der Waals surface area contributed by atoms with E-state index in [2.05, 4.69) is 65.8 Å². The first kappa shape index (κ1) is 29.3. The maximum absolute atomic E-state index is 13.6. The number of esters is 1. The summed E-state index contributed by atoms with van der Waals surface area (Å²) < 4.78 is 15.4. The van der Waals surface area contributed by atoms with Gasteiger partial charge >= 0.3 is 5.97 Å². The number of carbonyl (C=O) groups excluding carboxylic acids is 1. The van der Waals surface area contributed by atoms with E-state index in [9.17, 15) is 4.79 Å². The Balaban J connectivity index is 1.53. The van der Waals surface area contributed by atoms with Crippen molar-refractivity contribution in [1.82, 2.24) is 9.55 Å². The molecule has 0 N–H and O–H groups in total. The fourth-order valence-electron chi connectivity index (χ4n) is 7.22. The van der Waals surface area contributed by atoms with Crippen LogP contribution in [-0.4, -0.2) is 35.2 Å². The van der Waals surface area contributed by atoms with Crippen molar-refractivity contribution in [3.63, 3.8) is 0 Å². The molecule has 43 heavy (non-hydrogen) atoms. The van der Waals surface area contributed by atoms with E-state index in [-0.39, 0.29) is 5.97 Å². The van der Waals surface area contributed by atoms with E-state index in [1.54, 1.807) is 6.20 Å². The second kappa shape index (κ2) is 12.8. The van der Waals surface area contributed by atoms with E-state index >= 15 is 0 Å². The van der Waals surface area contributed by atoms with Gasteiger partial charge in [-0.2, -0.15) is 0 Å². The smallest absolute Gasteiger partial charge is 0.341 e. The topological polar surface area (TPSA) is 56.6 Å². The number of piperidine rings is 1. The molecule has 2 aliphatic rings. The number of fused-ring (bicyclic) bond motifs is 2. The van der Waals surface area contributed by atoms with Gasteiger partial charge in [-0.1, -0.05) is 57.2 Å². The number of hydrogen-bond acceptors (Lipinski definition) is 5. The van der Waals surface area contributed by atoms with Gasteiger partial charge in [0.05, 0.1) is 12.2 Å². The molecule has 2 aromatic heterocycles. The summed E-state index contributed by atoms with van der Waals surface area (Å²) >= 11 is 0. The highest BCUT2D eigenvalue weighted by Crippen LogP contribution is 2.53. The van der Waals surface area contributed by atoms with Crippen LogP contribution in [-0.2, 0) is 16.9 Å². The van der Waals surface area contributed by atoms with Crippen molar-refractivity contribution < 1.29 is 14.3 Å². The summed E-state index contributed by atoms with van der Waals surface area (Å²) in [4.78, 5) is 21.0. The molecule has 1 unspecified atom stereocenters. The molecule has 4 aromatic rings. The van der Waals surface area contributed by atoms with Crippen molar-refractivity contribution in [3.8, 4) is 5.75 Å². The number of unbranched alkanes of at least 4 members (excludes halogenated alkanes) is 5. The Morgan fingerprint density at radius 1 is 0.930 bits per heavy atom. The maximum Gasteiger partial charge on any atom is 0.341 e. The van der Waals surface area contributed by atoms with E-state index in [4.69, 9.17) is 14.5 Å². The number of cyclic esters (lactones) is 1. The number of pyridine rings is 1. The molecule has 6 rings (SSSR count). The molecular formula is C37H45N3O3. The zero-order chi connectivity index (χ0) is 29.8. The van der Waals surface area contributed by atoms with Gasteiger partial charge in [-0.05, 0) is 69.9 Å². The Labute approximate surface area is 256 Å². The zero-order valence-corrected chi connectivity index (χ0v) is 26.0. The molecule has 2 aromatic carbocycles. The van der Waals surface area contributed by atoms with E-state index in [1.165, 1.54) is 51.4 Å². The van der Waals surface area contributed by atoms with Gasteiger partial charge in [-0.3, -0.25) is 4.98 Å². The number of aromatic nitrogens is 2. The second-order valence-electron chi connectivity index (χ2n) is 12.0. The fraction of sp³-hybridized carbons (Fsp3) is 0.459. The van der Waals surface area contributed by atoms with E-state index in [0.717, 1.165) is 65.2 Å². The number of anilines is 1. The lowest BCUT2D eigenvalue weighted by Gasteiger charge is -2.33. The average Bonchev–Trinajstić information content (AvgIpc) is 3.50. The van der Waals surface area contributed by atoms with Crippen LogP contribution in [0.5, 0.6) is 5.75 Å². The minimum Gasteiger partial charge on any atom is -0.493 e. The third-order valence-corrected chi connectivity index (χ3v) is 9.29. The number of carbonyl (C=O) groups is 1. The lowest BCUT2D eigenvalue weighted by atomic mass is 9.80. The van der Waals surface area contributed by atoms with Crippen LogP contribution in [0.4, 0.5) is 5.69 Å². The number of hydrogen-bond donors (Lipinski definition) is 0. The summed E-state index contributed by atoms with van der Waals surface area (Å²) in [6.07, 6.45) is 12.9. The SMILES string of the molecule is CCCCCCCCn1c(C)c(C2(c3ccc(N4CCCCC4)cc3OCC)OC(=O)c3cccnc32)c2ccccc21. The van der Waals surface area contributed by atoms with Gasteiger partial charge in [0, 0.05) is 65.3 Å². The van der Waals surface area contributed by atoms with Gasteiger partial charge in [0.2, 0.25) is 5.60 Å². The van der Waals surface area contributed by atoms with Crippen LogP contribution >= 0.6 is 0 Å². The highest BCUT2D eigenvalue weighted by atomic mass is 16.6. The predicted molar refractivity (Wildman–Crippen MR) is 173 cm³/mol. The zero-order valence-electron chi connectivity index (χ0n) is 26.0. The molecule has 0 radical (unpaired) electrons. The Bertz CT molecular complexity index is 1590. The number of benzene rings is 2. The molecule has 1 fully saturated rings. The molecule has 0 aliphatic carbocycles. The molecule has 1 saturated heterocycles. The van der Waals surface area contributed by atoms with Gasteiger partial charge in [0.15, 0.2) is 0 Å². The molecular weight excluding hydrogens is 534 g/mol. The molecule has 0 amide bonds. The third-order valence-electron chi connectivity index (χ3n) is 9.29. The van der Waals surface area contributed by atoms with Crippen molar-refractivity contribution in [1.29, 1.82) is 0 Å². The largest absolute Gasteiger partial charge is 0.493 e. The summed E-state index contributed by atoms with van der Waals surface area (Å²) in [6, 6.07) is 18.6.